The standard InChI is InChI=1S/C16H21N5O/c1-16(2,20-6-8-22-9-7-20)12-18-15-13(10-17)11-19-21-5-3-4-14(15)21/h3-5,11,18H,6-9,12H2,1-2H3. The largest absolute Gasteiger partial charge is 0.380 e. The van der Waals surface area contributed by atoms with Crippen LogP contribution in [0.4, 0.5) is 5.69 Å². The Morgan fingerprint density at radius 3 is 2.91 bits per heavy atom. The molecule has 1 saturated heterocycles. The second-order valence-corrected chi connectivity index (χ2v) is 6.15. The minimum absolute atomic E-state index is 0.0106. The number of hydrogen-bond acceptors (Lipinski definition) is 5. The number of hydrogen-bond donors (Lipinski definition) is 1. The number of nitrogens with one attached hydrogen (secondary N) is 1. The van der Waals surface area contributed by atoms with E-state index in [0.717, 1.165) is 44.1 Å². The summed E-state index contributed by atoms with van der Waals surface area (Å²) in [5, 5.41) is 17.0. The molecular weight excluding hydrogens is 278 g/mol. The third-order valence-corrected chi connectivity index (χ3v) is 4.25. The van der Waals surface area contributed by atoms with Crippen LogP contribution in [0.2, 0.25) is 0 Å². The molecule has 2 aromatic heterocycles. The number of aromatic nitrogens is 2. The van der Waals surface area contributed by atoms with Crippen molar-refractivity contribution in [2.45, 2.75) is 19.4 Å². The van der Waals surface area contributed by atoms with E-state index in [2.05, 4.69) is 35.2 Å². The highest BCUT2D eigenvalue weighted by molar-refractivity contribution is 5.77. The molecule has 1 aliphatic heterocycles. The van der Waals surface area contributed by atoms with Gasteiger partial charge in [-0.15, -0.1) is 0 Å². The molecule has 1 fully saturated rings. The number of anilines is 1. The number of fused-ring (bicyclic) bond motifs is 1. The summed E-state index contributed by atoms with van der Waals surface area (Å²) in [5.41, 5.74) is 2.34. The van der Waals surface area contributed by atoms with Crippen molar-refractivity contribution in [3.63, 3.8) is 0 Å². The van der Waals surface area contributed by atoms with Gasteiger partial charge in [-0.05, 0) is 26.0 Å². The molecule has 6 heteroatoms. The fourth-order valence-corrected chi connectivity index (χ4v) is 2.85. The Bertz CT molecular complexity index is 694. The first-order valence-electron chi connectivity index (χ1n) is 7.55. The minimum atomic E-state index is -0.0106. The van der Waals surface area contributed by atoms with E-state index >= 15 is 0 Å². The molecule has 1 aliphatic rings. The van der Waals surface area contributed by atoms with Crippen LogP contribution in [0.25, 0.3) is 5.52 Å². The van der Waals surface area contributed by atoms with E-state index < -0.39 is 0 Å². The first kappa shape index (κ1) is 14.8. The first-order valence-corrected chi connectivity index (χ1v) is 7.55. The van der Waals surface area contributed by atoms with Gasteiger partial charge >= 0.3 is 0 Å². The SMILES string of the molecule is CC(C)(CNc1c(C#N)cnn2cccc12)N1CCOCC1. The summed E-state index contributed by atoms with van der Waals surface area (Å²) in [6.07, 6.45) is 3.49. The Balaban J connectivity index is 1.81. The first-order chi connectivity index (χ1) is 10.6. The van der Waals surface area contributed by atoms with Gasteiger partial charge in [0, 0.05) is 31.4 Å². The Hall–Kier alpha value is -2.10. The van der Waals surface area contributed by atoms with E-state index in [-0.39, 0.29) is 5.54 Å². The number of ether oxygens (including phenoxy) is 1. The van der Waals surface area contributed by atoms with Crippen LogP contribution >= 0.6 is 0 Å². The average molecular weight is 299 g/mol. The molecule has 1 N–H and O–H groups in total. The van der Waals surface area contributed by atoms with E-state index in [1.807, 2.05) is 18.3 Å². The Kier molecular flexibility index (Phi) is 4.01. The van der Waals surface area contributed by atoms with Gasteiger partial charge < -0.3 is 10.1 Å². The summed E-state index contributed by atoms with van der Waals surface area (Å²) in [7, 11) is 0. The maximum absolute atomic E-state index is 9.33. The summed E-state index contributed by atoms with van der Waals surface area (Å²) in [6, 6.07) is 6.12. The summed E-state index contributed by atoms with van der Waals surface area (Å²) in [4.78, 5) is 2.42. The molecule has 22 heavy (non-hydrogen) atoms. The predicted octanol–water partition coefficient (Wildman–Crippen LogP) is 1.73. The zero-order valence-electron chi connectivity index (χ0n) is 13.0. The van der Waals surface area contributed by atoms with Crippen LogP contribution in [0.3, 0.4) is 0 Å². The maximum atomic E-state index is 9.33. The maximum Gasteiger partial charge on any atom is 0.103 e. The molecule has 0 amide bonds. The lowest BCUT2D eigenvalue weighted by Crippen LogP contribution is -2.53. The van der Waals surface area contributed by atoms with E-state index in [0.29, 0.717) is 5.56 Å². The number of nitriles is 1. The van der Waals surface area contributed by atoms with Gasteiger partial charge in [-0.2, -0.15) is 10.4 Å². The smallest absolute Gasteiger partial charge is 0.103 e. The molecule has 0 unspecified atom stereocenters. The van der Waals surface area contributed by atoms with E-state index in [1.165, 1.54) is 0 Å². The quantitative estimate of drug-likeness (QED) is 0.931. The van der Waals surface area contributed by atoms with Gasteiger partial charge in [0.05, 0.1) is 36.2 Å². The molecule has 0 aromatic carbocycles. The normalized spacial score (nSPS) is 16.6. The van der Waals surface area contributed by atoms with E-state index in [9.17, 15) is 5.26 Å². The molecule has 3 rings (SSSR count). The molecule has 116 valence electrons. The Morgan fingerprint density at radius 1 is 1.41 bits per heavy atom. The molecule has 0 bridgehead atoms. The molecule has 0 radical (unpaired) electrons. The molecule has 0 spiro atoms. The van der Waals surface area contributed by atoms with Gasteiger partial charge in [-0.25, -0.2) is 4.52 Å². The molecule has 0 saturated carbocycles. The fraction of sp³-hybridized carbons (Fsp3) is 0.500. The number of nitrogens with zero attached hydrogens (tertiary/aromatic N) is 4. The Labute approximate surface area is 130 Å². The van der Waals surface area contributed by atoms with Crippen molar-refractivity contribution in [1.82, 2.24) is 14.5 Å². The third-order valence-electron chi connectivity index (χ3n) is 4.25. The zero-order valence-corrected chi connectivity index (χ0v) is 13.0. The van der Waals surface area contributed by atoms with Gasteiger partial charge in [0.25, 0.3) is 0 Å². The van der Waals surface area contributed by atoms with Crippen molar-refractivity contribution in [2.75, 3.05) is 38.2 Å². The second-order valence-electron chi connectivity index (χ2n) is 6.15. The minimum Gasteiger partial charge on any atom is -0.380 e. The van der Waals surface area contributed by atoms with E-state index in [4.69, 9.17) is 4.74 Å². The fourth-order valence-electron chi connectivity index (χ4n) is 2.85. The lowest BCUT2D eigenvalue weighted by molar-refractivity contribution is -0.00568. The summed E-state index contributed by atoms with van der Waals surface area (Å²) >= 11 is 0. The van der Waals surface area contributed by atoms with Crippen LogP contribution in [0.15, 0.2) is 24.5 Å². The highest BCUT2D eigenvalue weighted by atomic mass is 16.5. The third kappa shape index (κ3) is 2.78. The van der Waals surface area contributed by atoms with Crippen molar-refractivity contribution in [3.8, 4) is 6.07 Å². The monoisotopic (exact) mass is 299 g/mol. The topological polar surface area (TPSA) is 65.6 Å². The second kappa shape index (κ2) is 5.95. The summed E-state index contributed by atoms with van der Waals surface area (Å²) < 4.78 is 7.21. The van der Waals surface area contributed by atoms with Crippen LogP contribution in [0.5, 0.6) is 0 Å². The summed E-state index contributed by atoms with van der Waals surface area (Å²) in [5.74, 6) is 0. The van der Waals surface area contributed by atoms with Gasteiger partial charge in [0.2, 0.25) is 0 Å². The molecular formula is C16H21N5O. The predicted molar refractivity (Wildman–Crippen MR) is 84.9 cm³/mol. The highest BCUT2D eigenvalue weighted by Gasteiger charge is 2.28. The van der Waals surface area contributed by atoms with Crippen LogP contribution in [-0.2, 0) is 4.74 Å². The van der Waals surface area contributed by atoms with Crippen molar-refractivity contribution in [3.05, 3.63) is 30.1 Å². The molecule has 2 aromatic rings. The van der Waals surface area contributed by atoms with Crippen LogP contribution < -0.4 is 5.32 Å². The lowest BCUT2D eigenvalue weighted by Gasteiger charge is -2.41. The average Bonchev–Trinajstić information content (AvgIpc) is 3.02. The van der Waals surface area contributed by atoms with Crippen LogP contribution in [0, 0.1) is 11.3 Å². The van der Waals surface area contributed by atoms with Crippen molar-refractivity contribution >= 4 is 11.2 Å². The van der Waals surface area contributed by atoms with E-state index in [1.54, 1.807) is 10.7 Å². The van der Waals surface area contributed by atoms with Gasteiger partial charge in [0.1, 0.15) is 6.07 Å². The lowest BCUT2D eigenvalue weighted by atomic mass is 10.0. The van der Waals surface area contributed by atoms with Gasteiger partial charge in [0.15, 0.2) is 0 Å². The summed E-state index contributed by atoms with van der Waals surface area (Å²) in [6.45, 7) is 8.64. The van der Waals surface area contributed by atoms with Crippen molar-refractivity contribution < 1.29 is 4.74 Å². The van der Waals surface area contributed by atoms with Gasteiger partial charge in [-0.1, -0.05) is 0 Å². The Morgan fingerprint density at radius 2 is 2.18 bits per heavy atom. The molecule has 0 aliphatic carbocycles. The molecule has 3 heterocycles. The van der Waals surface area contributed by atoms with Crippen LogP contribution in [0.1, 0.15) is 19.4 Å². The zero-order chi connectivity index (χ0) is 15.6. The van der Waals surface area contributed by atoms with Crippen molar-refractivity contribution in [2.24, 2.45) is 0 Å². The van der Waals surface area contributed by atoms with Crippen molar-refractivity contribution in [1.29, 1.82) is 5.26 Å². The number of morpholine rings is 1. The highest BCUT2D eigenvalue weighted by Crippen LogP contribution is 2.23. The molecule has 0 atom stereocenters. The number of rotatable bonds is 4. The van der Waals surface area contributed by atoms with Crippen LogP contribution in [-0.4, -0.2) is 52.9 Å². The molecule has 6 nitrogen and oxygen atoms in total. The van der Waals surface area contributed by atoms with Gasteiger partial charge in [-0.3, -0.25) is 4.90 Å².